The van der Waals surface area contributed by atoms with E-state index < -0.39 is 15.1 Å². The van der Waals surface area contributed by atoms with Crippen LogP contribution in [0.2, 0.25) is 0 Å². The van der Waals surface area contributed by atoms with Gasteiger partial charge in [0.2, 0.25) is 5.91 Å². The number of thioether (sulfide) groups is 1. The zero-order chi connectivity index (χ0) is 22.8. The Labute approximate surface area is 190 Å². The first-order chi connectivity index (χ1) is 14.6. The molecular weight excluding hydrogens is 454 g/mol. The first kappa shape index (κ1) is 23.4. The average molecular weight is 480 g/mol. The van der Waals surface area contributed by atoms with E-state index >= 15 is 0 Å². The van der Waals surface area contributed by atoms with Crippen LogP contribution in [0.5, 0.6) is 0 Å². The van der Waals surface area contributed by atoms with Crippen molar-refractivity contribution in [3.8, 4) is 0 Å². The highest BCUT2D eigenvalue weighted by molar-refractivity contribution is 8.00. The summed E-state index contributed by atoms with van der Waals surface area (Å²) in [7, 11) is -3.56. The summed E-state index contributed by atoms with van der Waals surface area (Å²) in [5, 5.41) is 11.7. The van der Waals surface area contributed by atoms with Gasteiger partial charge in [-0.05, 0) is 46.8 Å². The lowest BCUT2D eigenvalue weighted by Gasteiger charge is -2.12. The number of amides is 1. The molecule has 8 nitrogen and oxygen atoms in total. The number of hydrogen-bond acceptors (Lipinski definition) is 8. The van der Waals surface area contributed by atoms with Gasteiger partial charge in [-0.2, -0.15) is 0 Å². The number of carbonyl (C=O) groups excluding carboxylic acids is 1. The summed E-state index contributed by atoms with van der Waals surface area (Å²) in [5.74, 6) is -0.0991. The molecule has 0 aliphatic rings. The minimum atomic E-state index is -3.56. The number of nitrogens with one attached hydrogen (secondary N) is 1. The summed E-state index contributed by atoms with van der Waals surface area (Å²) >= 11 is 2.67. The third kappa shape index (κ3) is 5.52. The van der Waals surface area contributed by atoms with Gasteiger partial charge in [0.15, 0.2) is 20.1 Å². The molecule has 1 atom stereocenters. The summed E-state index contributed by atoms with van der Waals surface area (Å²) in [6.07, 6.45) is 0. The summed E-state index contributed by atoms with van der Waals surface area (Å²) < 4.78 is 27.3. The number of sulfone groups is 1. The highest BCUT2D eigenvalue weighted by atomic mass is 32.2. The SMILES string of the molecule is CCn1c(CS(=O)(=O)c2ccc(C)cc2)nnc1SC(C)C(=O)Nc1nc(C)c(C)s1. The molecule has 0 aliphatic heterocycles. The molecule has 1 amide bonds. The summed E-state index contributed by atoms with van der Waals surface area (Å²) in [4.78, 5) is 18.2. The standard InChI is InChI=1S/C20H25N5O3S3/c1-6-25-17(11-31(27,28)16-9-7-12(2)8-10-16)23-24-20(25)30-15(5)18(26)22-19-21-13(3)14(4)29-19/h7-10,15H,6,11H2,1-5H3,(H,21,22,26). The average Bonchev–Trinajstić information content (AvgIpc) is 3.23. The minimum absolute atomic E-state index is 0.196. The number of rotatable bonds is 8. The fraction of sp³-hybridized carbons (Fsp3) is 0.400. The molecule has 1 N–H and O–H groups in total. The Hall–Kier alpha value is -2.24. The summed E-state index contributed by atoms with van der Waals surface area (Å²) in [6, 6.07) is 6.73. The lowest BCUT2D eigenvalue weighted by Crippen LogP contribution is -2.23. The molecule has 0 aliphatic carbocycles. The molecule has 2 heterocycles. The van der Waals surface area contributed by atoms with Crippen molar-refractivity contribution in [3.05, 3.63) is 46.2 Å². The Kier molecular flexibility index (Phi) is 7.17. The number of hydrogen-bond donors (Lipinski definition) is 1. The molecule has 0 spiro atoms. The van der Waals surface area contributed by atoms with Crippen LogP contribution in [0.25, 0.3) is 0 Å². The predicted molar refractivity (Wildman–Crippen MR) is 123 cm³/mol. The topological polar surface area (TPSA) is 107 Å². The monoisotopic (exact) mass is 479 g/mol. The van der Waals surface area contributed by atoms with E-state index in [0.29, 0.717) is 22.7 Å². The minimum Gasteiger partial charge on any atom is -0.305 e. The fourth-order valence-electron chi connectivity index (χ4n) is 2.77. The van der Waals surface area contributed by atoms with Crippen LogP contribution in [0.1, 0.15) is 35.8 Å². The van der Waals surface area contributed by atoms with Gasteiger partial charge in [0.05, 0.1) is 15.8 Å². The van der Waals surface area contributed by atoms with Crippen LogP contribution in [0, 0.1) is 20.8 Å². The smallest absolute Gasteiger partial charge is 0.239 e. The number of benzene rings is 1. The van der Waals surface area contributed by atoms with Crippen LogP contribution in [-0.4, -0.2) is 39.3 Å². The Morgan fingerprint density at radius 1 is 1.19 bits per heavy atom. The normalized spacial score (nSPS) is 12.7. The van der Waals surface area contributed by atoms with Crippen LogP contribution in [-0.2, 0) is 26.9 Å². The van der Waals surface area contributed by atoms with Crippen molar-refractivity contribution in [3.63, 3.8) is 0 Å². The van der Waals surface area contributed by atoms with Gasteiger partial charge in [0.1, 0.15) is 11.6 Å². The van der Waals surface area contributed by atoms with Gasteiger partial charge in [-0.1, -0.05) is 29.5 Å². The number of aromatic nitrogens is 4. The van der Waals surface area contributed by atoms with Gasteiger partial charge < -0.3 is 9.88 Å². The van der Waals surface area contributed by atoms with Crippen LogP contribution < -0.4 is 5.32 Å². The Balaban J connectivity index is 1.73. The van der Waals surface area contributed by atoms with Crippen LogP contribution in [0.3, 0.4) is 0 Å². The zero-order valence-corrected chi connectivity index (χ0v) is 20.5. The highest BCUT2D eigenvalue weighted by Crippen LogP contribution is 2.27. The number of carbonyl (C=O) groups is 1. The Morgan fingerprint density at radius 2 is 1.87 bits per heavy atom. The Bertz CT molecular complexity index is 1160. The van der Waals surface area contributed by atoms with E-state index in [9.17, 15) is 13.2 Å². The molecule has 0 saturated heterocycles. The second kappa shape index (κ2) is 9.49. The van der Waals surface area contributed by atoms with Crippen molar-refractivity contribution in [1.29, 1.82) is 0 Å². The van der Waals surface area contributed by atoms with Crippen molar-refractivity contribution in [2.24, 2.45) is 0 Å². The van der Waals surface area contributed by atoms with Gasteiger partial charge in [0.25, 0.3) is 0 Å². The molecule has 0 fully saturated rings. The van der Waals surface area contributed by atoms with Gasteiger partial charge in [-0.3, -0.25) is 4.79 Å². The van der Waals surface area contributed by atoms with Gasteiger partial charge in [0, 0.05) is 11.4 Å². The third-order valence-corrected chi connectivity index (χ3v) is 8.42. The molecule has 1 unspecified atom stereocenters. The maximum absolute atomic E-state index is 12.8. The van der Waals surface area contributed by atoms with Crippen molar-refractivity contribution in [1.82, 2.24) is 19.7 Å². The number of aryl methyl sites for hydroxylation is 3. The van der Waals surface area contributed by atoms with Crippen LogP contribution >= 0.6 is 23.1 Å². The molecule has 3 aromatic rings. The highest BCUT2D eigenvalue weighted by Gasteiger charge is 2.24. The summed E-state index contributed by atoms with van der Waals surface area (Å²) in [5.41, 5.74) is 1.88. The van der Waals surface area contributed by atoms with E-state index in [1.165, 1.54) is 23.1 Å². The molecule has 2 aromatic heterocycles. The second-order valence-corrected chi connectivity index (χ2v) is 11.6. The molecule has 0 radical (unpaired) electrons. The van der Waals surface area contributed by atoms with Crippen molar-refractivity contribution in [2.75, 3.05) is 5.32 Å². The van der Waals surface area contributed by atoms with Crippen LogP contribution in [0.4, 0.5) is 5.13 Å². The molecular formula is C20H25N5O3S3. The molecule has 11 heteroatoms. The van der Waals surface area contributed by atoms with Crippen molar-refractivity contribution < 1.29 is 13.2 Å². The van der Waals surface area contributed by atoms with E-state index in [0.717, 1.165) is 16.1 Å². The fourth-order valence-corrected chi connectivity index (χ4v) is 5.79. The van der Waals surface area contributed by atoms with E-state index in [-0.39, 0.29) is 16.6 Å². The number of thiazole rings is 1. The van der Waals surface area contributed by atoms with E-state index in [1.807, 2.05) is 27.7 Å². The maximum atomic E-state index is 12.8. The first-order valence-corrected chi connectivity index (χ1v) is 13.1. The predicted octanol–water partition coefficient (Wildman–Crippen LogP) is 3.77. The molecule has 3 rings (SSSR count). The lowest BCUT2D eigenvalue weighted by molar-refractivity contribution is -0.115. The third-order valence-electron chi connectivity index (χ3n) is 4.72. The largest absolute Gasteiger partial charge is 0.305 e. The lowest BCUT2D eigenvalue weighted by atomic mass is 10.2. The van der Waals surface area contributed by atoms with Gasteiger partial charge in [-0.15, -0.1) is 21.5 Å². The first-order valence-electron chi connectivity index (χ1n) is 9.73. The van der Waals surface area contributed by atoms with Gasteiger partial charge >= 0.3 is 0 Å². The summed E-state index contributed by atoms with van der Waals surface area (Å²) in [6.45, 7) is 9.91. The molecule has 0 bridgehead atoms. The molecule has 31 heavy (non-hydrogen) atoms. The molecule has 1 aromatic carbocycles. The van der Waals surface area contributed by atoms with E-state index in [1.54, 1.807) is 35.8 Å². The van der Waals surface area contributed by atoms with Gasteiger partial charge in [-0.25, -0.2) is 13.4 Å². The number of nitrogens with zero attached hydrogens (tertiary/aromatic N) is 4. The molecule has 0 saturated carbocycles. The second-order valence-electron chi connectivity index (χ2n) is 7.13. The van der Waals surface area contributed by atoms with E-state index in [4.69, 9.17) is 0 Å². The Morgan fingerprint density at radius 3 is 2.45 bits per heavy atom. The molecule has 166 valence electrons. The van der Waals surface area contributed by atoms with E-state index in [2.05, 4.69) is 20.5 Å². The number of anilines is 1. The quantitative estimate of drug-likeness (QED) is 0.490. The van der Waals surface area contributed by atoms with Crippen molar-refractivity contribution >= 4 is 44.0 Å². The maximum Gasteiger partial charge on any atom is 0.239 e. The van der Waals surface area contributed by atoms with Crippen molar-refractivity contribution in [2.45, 2.75) is 62.2 Å². The van der Waals surface area contributed by atoms with Crippen LogP contribution in [0.15, 0.2) is 34.3 Å². The zero-order valence-electron chi connectivity index (χ0n) is 18.0.